The summed E-state index contributed by atoms with van der Waals surface area (Å²) in [6, 6.07) is 10.8. The molecule has 1 fully saturated rings. The van der Waals surface area contributed by atoms with Crippen LogP contribution in [0, 0.1) is 25.7 Å². The first-order valence-corrected chi connectivity index (χ1v) is 19.6. The van der Waals surface area contributed by atoms with Crippen molar-refractivity contribution in [2.24, 2.45) is 11.8 Å². The summed E-state index contributed by atoms with van der Waals surface area (Å²) in [4.78, 5) is 30.7. The molecule has 0 radical (unpaired) electrons. The van der Waals surface area contributed by atoms with Gasteiger partial charge in [0, 0.05) is 26.2 Å². The van der Waals surface area contributed by atoms with Gasteiger partial charge in [-0.3, -0.25) is 9.59 Å². The number of amides is 2. The standard InChI is InChI=1S/C34H52N4O9S2/c1-25(2)31(35-48(41,42)29-11-7-27(5)8-12-29)33(39)37-15-19-45-20-16-38(18-22-47-24-23-46-21-17-37)34(40)32(26(3)4)36-49(43,44)30-13-9-28(6)10-14-30/h7-14,25-26,31-32,35-36H,15-24H2,1-6H3/t31-,32-/m0/s1. The molecule has 49 heavy (non-hydrogen) atoms. The van der Waals surface area contributed by atoms with Gasteiger partial charge in [0.2, 0.25) is 31.9 Å². The molecule has 15 heteroatoms. The molecule has 1 saturated heterocycles. The summed E-state index contributed by atoms with van der Waals surface area (Å²) in [6.45, 7) is 12.7. The van der Waals surface area contributed by atoms with Crippen LogP contribution in [0.5, 0.6) is 0 Å². The topological polar surface area (TPSA) is 161 Å². The highest BCUT2D eigenvalue weighted by Crippen LogP contribution is 2.16. The number of nitrogens with zero attached hydrogens (tertiary/aromatic N) is 2. The molecule has 1 aliphatic rings. The molecule has 2 amide bonds. The van der Waals surface area contributed by atoms with Gasteiger partial charge in [-0.15, -0.1) is 0 Å². The van der Waals surface area contributed by atoms with E-state index in [9.17, 15) is 26.4 Å². The second kappa shape index (κ2) is 18.9. The van der Waals surface area contributed by atoms with Crippen molar-refractivity contribution in [3.8, 4) is 0 Å². The Morgan fingerprint density at radius 3 is 1.12 bits per heavy atom. The molecule has 2 aromatic carbocycles. The monoisotopic (exact) mass is 724 g/mol. The van der Waals surface area contributed by atoms with E-state index in [2.05, 4.69) is 9.44 Å². The third-order valence-corrected chi connectivity index (χ3v) is 11.0. The normalized spacial score (nSPS) is 17.7. The van der Waals surface area contributed by atoms with Gasteiger partial charge in [-0.05, 0) is 49.9 Å². The van der Waals surface area contributed by atoms with Crippen molar-refractivity contribution in [3.05, 3.63) is 59.7 Å². The number of carbonyl (C=O) groups excluding carboxylic acids is 2. The molecule has 0 aromatic heterocycles. The van der Waals surface area contributed by atoms with Crippen molar-refractivity contribution in [3.63, 3.8) is 0 Å². The fraction of sp³-hybridized carbons (Fsp3) is 0.588. The van der Waals surface area contributed by atoms with E-state index >= 15 is 0 Å². The summed E-state index contributed by atoms with van der Waals surface area (Å²) >= 11 is 0. The van der Waals surface area contributed by atoms with Crippen LogP contribution in [0.3, 0.4) is 0 Å². The maximum absolute atomic E-state index is 13.8. The van der Waals surface area contributed by atoms with Crippen molar-refractivity contribution in [2.75, 3.05) is 65.8 Å². The molecule has 0 bridgehead atoms. The minimum atomic E-state index is -3.97. The van der Waals surface area contributed by atoms with Crippen molar-refractivity contribution in [1.29, 1.82) is 0 Å². The van der Waals surface area contributed by atoms with Crippen LogP contribution < -0.4 is 9.44 Å². The fourth-order valence-corrected chi connectivity index (χ4v) is 7.70. The summed E-state index contributed by atoms with van der Waals surface area (Å²) in [5.41, 5.74) is 1.83. The predicted molar refractivity (Wildman–Crippen MR) is 186 cm³/mol. The fourth-order valence-electron chi connectivity index (χ4n) is 5.03. The van der Waals surface area contributed by atoms with E-state index < -0.39 is 43.9 Å². The van der Waals surface area contributed by atoms with Crippen LogP contribution in [0.2, 0.25) is 0 Å². The Hall–Kier alpha value is -2.92. The van der Waals surface area contributed by atoms with Crippen LogP contribution in [-0.2, 0) is 43.8 Å². The summed E-state index contributed by atoms with van der Waals surface area (Å²) in [7, 11) is -7.94. The molecular weight excluding hydrogens is 673 g/mol. The van der Waals surface area contributed by atoms with Crippen LogP contribution in [0.1, 0.15) is 38.8 Å². The first kappa shape index (κ1) is 40.5. The molecule has 2 aromatic rings. The number of rotatable bonds is 10. The minimum Gasteiger partial charge on any atom is -0.378 e. The van der Waals surface area contributed by atoms with Crippen LogP contribution in [0.25, 0.3) is 0 Å². The van der Waals surface area contributed by atoms with E-state index in [4.69, 9.17) is 14.2 Å². The number of carbonyl (C=O) groups is 2. The second-order valence-electron chi connectivity index (χ2n) is 12.8. The summed E-state index contributed by atoms with van der Waals surface area (Å²) in [5, 5.41) is 0. The zero-order valence-corrected chi connectivity index (χ0v) is 31.0. The van der Waals surface area contributed by atoms with E-state index in [1.807, 2.05) is 13.8 Å². The Balaban J connectivity index is 1.70. The molecule has 0 aliphatic carbocycles. The molecular formula is C34H52N4O9S2. The van der Waals surface area contributed by atoms with Gasteiger partial charge < -0.3 is 24.0 Å². The van der Waals surface area contributed by atoms with Crippen molar-refractivity contribution < 1.29 is 40.6 Å². The molecule has 274 valence electrons. The molecule has 1 aliphatic heterocycles. The Kier molecular flexibility index (Phi) is 15.6. The lowest BCUT2D eigenvalue weighted by atomic mass is 10.0. The molecule has 13 nitrogen and oxygen atoms in total. The van der Waals surface area contributed by atoms with E-state index in [0.717, 1.165) is 11.1 Å². The van der Waals surface area contributed by atoms with Gasteiger partial charge in [0.05, 0.1) is 49.4 Å². The maximum Gasteiger partial charge on any atom is 0.241 e. The Morgan fingerprint density at radius 2 is 0.837 bits per heavy atom. The lowest BCUT2D eigenvalue weighted by molar-refractivity contribution is -0.135. The largest absolute Gasteiger partial charge is 0.378 e. The summed E-state index contributed by atoms with van der Waals surface area (Å²) < 4.78 is 75.2. The summed E-state index contributed by atoms with van der Waals surface area (Å²) in [6.07, 6.45) is 0. The third kappa shape index (κ3) is 12.4. The highest BCUT2D eigenvalue weighted by atomic mass is 32.2. The zero-order chi connectivity index (χ0) is 36.2. The second-order valence-corrected chi connectivity index (χ2v) is 16.2. The van der Waals surface area contributed by atoms with E-state index in [1.165, 1.54) is 34.1 Å². The molecule has 3 rings (SSSR count). The maximum atomic E-state index is 13.8. The number of nitrogens with one attached hydrogen (secondary N) is 2. The SMILES string of the molecule is Cc1ccc(S(=O)(=O)N[C@H](C(=O)N2CCOCCOCCN(C(=O)[C@@H](NS(=O)(=O)c3ccc(C)cc3)C(C)C)CCOCC2)C(C)C)cc1. The number of hydrogen-bond acceptors (Lipinski definition) is 9. The highest BCUT2D eigenvalue weighted by molar-refractivity contribution is 7.89. The molecule has 0 saturated carbocycles. The van der Waals surface area contributed by atoms with Gasteiger partial charge in [-0.1, -0.05) is 63.1 Å². The molecule has 2 N–H and O–H groups in total. The molecule has 1 heterocycles. The number of sulfonamides is 2. The average Bonchev–Trinajstić information content (AvgIpc) is 3.05. The Bertz CT molecular complexity index is 1450. The van der Waals surface area contributed by atoms with Crippen LogP contribution in [0.4, 0.5) is 0 Å². The molecule has 2 atom stereocenters. The Morgan fingerprint density at radius 1 is 0.551 bits per heavy atom. The van der Waals surface area contributed by atoms with Gasteiger partial charge in [-0.25, -0.2) is 16.8 Å². The van der Waals surface area contributed by atoms with Crippen LogP contribution in [-0.4, -0.2) is 116 Å². The lowest BCUT2D eigenvalue weighted by Crippen LogP contribution is -2.53. The van der Waals surface area contributed by atoms with Crippen LogP contribution >= 0.6 is 0 Å². The van der Waals surface area contributed by atoms with E-state index in [1.54, 1.807) is 52.0 Å². The quantitative estimate of drug-likeness (QED) is 0.375. The molecule has 0 spiro atoms. The van der Waals surface area contributed by atoms with Gasteiger partial charge in [0.25, 0.3) is 0 Å². The van der Waals surface area contributed by atoms with Crippen LogP contribution in [0.15, 0.2) is 58.3 Å². The zero-order valence-electron chi connectivity index (χ0n) is 29.4. The van der Waals surface area contributed by atoms with Gasteiger partial charge in [0.15, 0.2) is 0 Å². The number of ether oxygens (including phenoxy) is 3. The Labute approximate surface area is 291 Å². The molecule has 0 unspecified atom stereocenters. The average molecular weight is 725 g/mol. The third-order valence-electron chi connectivity index (χ3n) is 8.11. The number of hydrogen-bond donors (Lipinski definition) is 2. The van der Waals surface area contributed by atoms with E-state index in [0.29, 0.717) is 0 Å². The van der Waals surface area contributed by atoms with Gasteiger partial charge in [0.1, 0.15) is 12.1 Å². The predicted octanol–water partition coefficient (Wildman–Crippen LogP) is 2.33. The summed E-state index contributed by atoms with van der Waals surface area (Å²) in [5.74, 6) is -1.51. The minimum absolute atomic E-state index is 0.0713. The number of benzene rings is 2. The van der Waals surface area contributed by atoms with E-state index in [-0.39, 0.29) is 87.4 Å². The van der Waals surface area contributed by atoms with Crippen molar-refractivity contribution in [1.82, 2.24) is 19.2 Å². The van der Waals surface area contributed by atoms with Crippen molar-refractivity contribution >= 4 is 31.9 Å². The first-order valence-electron chi connectivity index (χ1n) is 16.6. The van der Waals surface area contributed by atoms with Crippen molar-refractivity contribution in [2.45, 2.75) is 63.4 Å². The number of aryl methyl sites for hydroxylation is 2. The first-order chi connectivity index (χ1) is 23.1. The van der Waals surface area contributed by atoms with Gasteiger partial charge in [-0.2, -0.15) is 9.44 Å². The lowest BCUT2D eigenvalue weighted by Gasteiger charge is -2.30. The van der Waals surface area contributed by atoms with Gasteiger partial charge >= 0.3 is 0 Å². The highest BCUT2D eigenvalue weighted by Gasteiger charge is 2.33. The smallest absolute Gasteiger partial charge is 0.241 e.